The second-order valence-electron chi connectivity index (χ2n) is 3.23. The summed E-state index contributed by atoms with van der Waals surface area (Å²) in [5.41, 5.74) is -0.664. The molecule has 0 aromatic carbocycles. The van der Waals surface area contributed by atoms with E-state index in [1.54, 1.807) is 0 Å². The van der Waals surface area contributed by atoms with Crippen molar-refractivity contribution in [2.75, 3.05) is 19.6 Å². The molecule has 1 saturated heterocycles. The van der Waals surface area contributed by atoms with E-state index in [9.17, 15) is 13.6 Å². The zero-order chi connectivity index (χ0) is 9.90. The number of aliphatic carboxylic acids is 1. The molecular formula is C7H12F2N2O2. The Balaban J connectivity index is 2.36. The maximum absolute atomic E-state index is 11.8. The number of hydrogen-bond donors (Lipinski definition) is 3. The molecule has 0 bridgehead atoms. The number of hydrogen-bond acceptors (Lipinski definition) is 3. The molecule has 3 N–H and O–H groups in total. The minimum atomic E-state index is -2.44. The fraction of sp³-hybridized carbons (Fsp3) is 0.857. The van der Waals surface area contributed by atoms with Crippen LogP contribution in [-0.2, 0) is 4.79 Å². The van der Waals surface area contributed by atoms with Gasteiger partial charge in [-0.2, -0.15) is 0 Å². The van der Waals surface area contributed by atoms with Crippen LogP contribution >= 0.6 is 0 Å². The maximum atomic E-state index is 11.8. The van der Waals surface area contributed by atoms with Gasteiger partial charge in [0.25, 0.3) is 6.43 Å². The Morgan fingerprint density at radius 1 is 1.62 bits per heavy atom. The molecule has 0 atom stereocenters. The van der Waals surface area contributed by atoms with Gasteiger partial charge in [-0.05, 0) is 0 Å². The summed E-state index contributed by atoms with van der Waals surface area (Å²) < 4.78 is 23.7. The van der Waals surface area contributed by atoms with Gasteiger partial charge in [0.2, 0.25) is 0 Å². The van der Waals surface area contributed by atoms with Gasteiger partial charge in [0.05, 0.1) is 18.5 Å². The normalized spacial score (nSPS) is 19.9. The highest BCUT2D eigenvalue weighted by atomic mass is 19.3. The monoisotopic (exact) mass is 194 g/mol. The number of carboxylic acid groups (broad SMARTS) is 1. The summed E-state index contributed by atoms with van der Waals surface area (Å²) in [6, 6.07) is 0. The first-order valence-electron chi connectivity index (χ1n) is 4.00. The topological polar surface area (TPSA) is 61.4 Å². The van der Waals surface area contributed by atoms with Crippen molar-refractivity contribution >= 4 is 5.97 Å². The van der Waals surface area contributed by atoms with E-state index in [4.69, 9.17) is 5.11 Å². The predicted octanol–water partition coefficient (Wildman–Crippen LogP) is -0.342. The van der Waals surface area contributed by atoms with E-state index in [2.05, 4.69) is 10.6 Å². The Bertz CT molecular complexity index is 195. The molecule has 13 heavy (non-hydrogen) atoms. The Hall–Kier alpha value is -0.750. The number of carboxylic acids is 1. The second kappa shape index (κ2) is 3.97. The van der Waals surface area contributed by atoms with Crippen LogP contribution < -0.4 is 10.6 Å². The lowest BCUT2D eigenvalue weighted by atomic mass is 9.88. The minimum absolute atomic E-state index is 0.118. The van der Waals surface area contributed by atoms with Gasteiger partial charge in [-0.1, -0.05) is 0 Å². The lowest BCUT2D eigenvalue weighted by Crippen LogP contribution is -2.69. The molecule has 1 heterocycles. The minimum Gasteiger partial charge on any atom is -0.481 e. The third-order valence-corrected chi connectivity index (χ3v) is 2.05. The summed E-state index contributed by atoms with van der Waals surface area (Å²) in [6.45, 7) is 0.424. The van der Waals surface area contributed by atoms with Gasteiger partial charge in [0.15, 0.2) is 0 Å². The van der Waals surface area contributed by atoms with Gasteiger partial charge >= 0.3 is 5.97 Å². The highest BCUT2D eigenvalue weighted by molar-refractivity contribution is 5.68. The van der Waals surface area contributed by atoms with Crippen LogP contribution in [0.5, 0.6) is 0 Å². The van der Waals surface area contributed by atoms with Gasteiger partial charge in [-0.25, -0.2) is 8.78 Å². The fourth-order valence-corrected chi connectivity index (χ4v) is 1.32. The second-order valence-corrected chi connectivity index (χ2v) is 3.23. The van der Waals surface area contributed by atoms with Crippen LogP contribution in [0.25, 0.3) is 0 Å². The Morgan fingerprint density at radius 2 is 2.23 bits per heavy atom. The molecule has 0 saturated carbocycles. The molecule has 0 aromatic rings. The van der Waals surface area contributed by atoms with Crippen molar-refractivity contribution in [3.05, 3.63) is 0 Å². The summed E-state index contributed by atoms with van der Waals surface area (Å²) in [6.07, 6.45) is -2.56. The molecule has 0 spiro atoms. The van der Waals surface area contributed by atoms with E-state index in [1.165, 1.54) is 0 Å². The lowest BCUT2D eigenvalue weighted by Gasteiger charge is -2.42. The van der Waals surface area contributed by atoms with Gasteiger partial charge in [-0.3, -0.25) is 4.79 Å². The first kappa shape index (κ1) is 10.3. The first-order valence-corrected chi connectivity index (χ1v) is 4.00. The van der Waals surface area contributed by atoms with Crippen molar-refractivity contribution in [3.8, 4) is 0 Å². The number of rotatable bonds is 5. The molecule has 0 unspecified atom stereocenters. The molecule has 76 valence electrons. The molecule has 0 aliphatic carbocycles. The summed E-state index contributed by atoms with van der Waals surface area (Å²) >= 11 is 0. The van der Waals surface area contributed by atoms with Gasteiger partial charge < -0.3 is 15.7 Å². The molecule has 1 rings (SSSR count). The zero-order valence-corrected chi connectivity index (χ0v) is 7.02. The summed E-state index contributed by atoms with van der Waals surface area (Å²) in [5.74, 6) is -0.969. The Labute approximate surface area is 74.3 Å². The van der Waals surface area contributed by atoms with Gasteiger partial charge in [0.1, 0.15) is 0 Å². The quantitative estimate of drug-likeness (QED) is 0.560. The van der Waals surface area contributed by atoms with E-state index in [-0.39, 0.29) is 6.42 Å². The van der Waals surface area contributed by atoms with E-state index in [0.717, 1.165) is 0 Å². The molecule has 0 aromatic heterocycles. The van der Waals surface area contributed by atoms with Crippen molar-refractivity contribution in [2.45, 2.75) is 18.4 Å². The van der Waals surface area contributed by atoms with Crippen LogP contribution in [0, 0.1) is 0 Å². The van der Waals surface area contributed by atoms with Crippen molar-refractivity contribution < 1.29 is 18.7 Å². The first-order chi connectivity index (χ1) is 6.04. The van der Waals surface area contributed by atoms with Crippen molar-refractivity contribution in [2.24, 2.45) is 0 Å². The standard InChI is InChI=1S/C7H12F2N2O2/c8-5(9)2-11-7(1-6(12)13)3-10-4-7/h5,10-11H,1-4H2,(H,12,13). The Morgan fingerprint density at radius 3 is 2.54 bits per heavy atom. The third kappa shape index (κ3) is 2.89. The van der Waals surface area contributed by atoms with Gasteiger partial charge in [0, 0.05) is 13.1 Å². The predicted molar refractivity (Wildman–Crippen MR) is 41.9 cm³/mol. The smallest absolute Gasteiger partial charge is 0.305 e. The van der Waals surface area contributed by atoms with E-state index in [0.29, 0.717) is 13.1 Å². The average Bonchev–Trinajstić information content (AvgIpc) is 1.93. The Kier molecular flexibility index (Phi) is 3.16. The molecule has 4 nitrogen and oxygen atoms in total. The summed E-state index contributed by atoms with van der Waals surface area (Å²) in [5, 5.41) is 14.0. The SMILES string of the molecule is O=C(O)CC1(NCC(F)F)CNC1. The molecule has 0 radical (unpaired) electrons. The highest BCUT2D eigenvalue weighted by Crippen LogP contribution is 2.16. The van der Waals surface area contributed by atoms with Crippen LogP contribution in [0.4, 0.5) is 8.78 Å². The van der Waals surface area contributed by atoms with Crippen molar-refractivity contribution in [1.82, 2.24) is 10.6 Å². The molecule has 1 aliphatic heterocycles. The van der Waals surface area contributed by atoms with Crippen molar-refractivity contribution in [3.63, 3.8) is 0 Å². The van der Waals surface area contributed by atoms with E-state index >= 15 is 0 Å². The fourth-order valence-electron chi connectivity index (χ4n) is 1.32. The summed E-state index contributed by atoms with van der Waals surface area (Å²) in [4.78, 5) is 10.4. The molecular weight excluding hydrogens is 182 g/mol. The number of carbonyl (C=O) groups is 1. The van der Waals surface area contributed by atoms with Crippen LogP contribution in [-0.4, -0.2) is 42.7 Å². The number of halogens is 2. The lowest BCUT2D eigenvalue weighted by molar-refractivity contribution is -0.139. The van der Waals surface area contributed by atoms with E-state index < -0.39 is 24.5 Å². The van der Waals surface area contributed by atoms with E-state index in [1.807, 2.05) is 0 Å². The number of alkyl halides is 2. The van der Waals surface area contributed by atoms with Gasteiger partial charge in [-0.15, -0.1) is 0 Å². The van der Waals surface area contributed by atoms with Crippen LogP contribution in [0.1, 0.15) is 6.42 Å². The molecule has 0 amide bonds. The van der Waals surface area contributed by atoms with Crippen LogP contribution in [0.2, 0.25) is 0 Å². The zero-order valence-electron chi connectivity index (χ0n) is 7.02. The maximum Gasteiger partial charge on any atom is 0.305 e. The van der Waals surface area contributed by atoms with Crippen molar-refractivity contribution in [1.29, 1.82) is 0 Å². The molecule has 6 heteroatoms. The summed E-state index contributed by atoms with van der Waals surface area (Å²) in [7, 11) is 0. The third-order valence-electron chi connectivity index (χ3n) is 2.05. The molecule has 1 fully saturated rings. The molecule has 1 aliphatic rings. The average molecular weight is 194 g/mol. The number of nitrogens with one attached hydrogen (secondary N) is 2. The largest absolute Gasteiger partial charge is 0.481 e. The highest BCUT2D eigenvalue weighted by Gasteiger charge is 2.38. The van der Waals surface area contributed by atoms with Crippen LogP contribution in [0.3, 0.4) is 0 Å². The van der Waals surface area contributed by atoms with Crippen LogP contribution in [0.15, 0.2) is 0 Å².